The molecule has 1 heterocycles. The second-order valence-electron chi connectivity index (χ2n) is 8.94. The molecule has 0 aliphatic rings. The van der Waals surface area contributed by atoms with E-state index in [1.165, 1.54) is 22.0 Å². The van der Waals surface area contributed by atoms with Crippen LogP contribution in [0.1, 0.15) is 42.9 Å². The zero-order chi connectivity index (χ0) is 23.2. The quantitative estimate of drug-likeness (QED) is 0.347. The Bertz CT molecular complexity index is 1190. The normalized spacial score (nSPS) is 12.1. The molecule has 0 spiro atoms. The molecule has 1 atom stereocenters. The van der Waals surface area contributed by atoms with Crippen molar-refractivity contribution < 1.29 is 9.53 Å². The number of methoxy groups -OCH3 is 1. The van der Waals surface area contributed by atoms with Gasteiger partial charge in [-0.2, -0.15) is 0 Å². The van der Waals surface area contributed by atoms with Crippen LogP contribution in [0, 0.1) is 5.92 Å². The number of nitrogens with zero attached hydrogens (tertiary/aromatic N) is 1. The van der Waals surface area contributed by atoms with Crippen molar-refractivity contribution in [1.82, 2.24) is 9.88 Å². The molecule has 1 N–H and O–H groups in total. The predicted molar refractivity (Wildman–Crippen MR) is 135 cm³/mol. The van der Waals surface area contributed by atoms with Gasteiger partial charge in [-0.25, -0.2) is 0 Å². The van der Waals surface area contributed by atoms with Crippen LogP contribution in [0.15, 0.2) is 85.1 Å². The molecule has 0 saturated carbocycles. The Hall–Kier alpha value is -3.53. The molecule has 3 aromatic carbocycles. The highest BCUT2D eigenvalue weighted by Crippen LogP contribution is 2.35. The number of fused-ring (bicyclic) bond motifs is 1. The van der Waals surface area contributed by atoms with Gasteiger partial charge in [-0.05, 0) is 40.8 Å². The SMILES string of the molecule is COc1ccc([C@@H](CC(=O)NCC(C)C)c2cn(Cc3ccccc3)c3ccccc23)cc1. The van der Waals surface area contributed by atoms with Gasteiger partial charge in [0.15, 0.2) is 0 Å². The maximum Gasteiger partial charge on any atom is 0.220 e. The summed E-state index contributed by atoms with van der Waals surface area (Å²) in [6, 6.07) is 27.0. The number of aromatic nitrogens is 1. The van der Waals surface area contributed by atoms with Crippen LogP contribution in [0.5, 0.6) is 5.75 Å². The van der Waals surface area contributed by atoms with Crippen molar-refractivity contribution in [2.24, 2.45) is 5.92 Å². The predicted octanol–water partition coefficient (Wildman–Crippen LogP) is 5.99. The average Bonchev–Trinajstić information content (AvgIpc) is 3.20. The molecule has 4 aromatic rings. The Balaban J connectivity index is 1.75. The maximum absolute atomic E-state index is 12.9. The summed E-state index contributed by atoms with van der Waals surface area (Å²) in [5.41, 5.74) is 4.71. The third-order valence-electron chi connectivity index (χ3n) is 6.01. The number of carbonyl (C=O) groups is 1. The smallest absolute Gasteiger partial charge is 0.220 e. The van der Waals surface area contributed by atoms with E-state index >= 15 is 0 Å². The highest BCUT2D eigenvalue weighted by molar-refractivity contribution is 5.86. The van der Waals surface area contributed by atoms with Crippen LogP contribution in [-0.4, -0.2) is 24.1 Å². The molecular formula is C29H32N2O2. The lowest BCUT2D eigenvalue weighted by Gasteiger charge is -2.18. The lowest BCUT2D eigenvalue weighted by molar-refractivity contribution is -0.121. The number of ether oxygens (including phenoxy) is 1. The van der Waals surface area contributed by atoms with Crippen LogP contribution in [0.3, 0.4) is 0 Å². The summed E-state index contributed by atoms with van der Waals surface area (Å²) in [5, 5.41) is 4.28. The molecule has 0 saturated heterocycles. The molecule has 4 nitrogen and oxygen atoms in total. The summed E-state index contributed by atoms with van der Waals surface area (Å²) in [7, 11) is 1.67. The minimum Gasteiger partial charge on any atom is -0.497 e. The van der Waals surface area contributed by atoms with E-state index in [4.69, 9.17) is 4.74 Å². The fourth-order valence-electron chi connectivity index (χ4n) is 4.28. The minimum atomic E-state index is -0.0509. The first kappa shape index (κ1) is 22.7. The number of nitrogens with one attached hydrogen (secondary N) is 1. The van der Waals surface area contributed by atoms with E-state index in [0.29, 0.717) is 18.9 Å². The molecule has 1 aromatic heterocycles. The molecule has 0 aliphatic carbocycles. The van der Waals surface area contributed by atoms with Crippen LogP contribution in [0.4, 0.5) is 0 Å². The Morgan fingerprint density at radius 3 is 2.33 bits per heavy atom. The van der Waals surface area contributed by atoms with Gasteiger partial charge in [0.2, 0.25) is 5.91 Å². The fourth-order valence-corrected chi connectivity index (χ4v) is 4.28. The van der Waals surface area contributed by atoms with Crippen molar-refractivity contribution in [1.29, 1.82) is 0 Å². The molecule has 0 unspecified atom stereocenters. The first-order valence-corrected chi connectivity index (χ1v) is 11.6. The summed E-state index contributed by atoms with van der Waals surface area (Å²) in [5.74, 6) is 1.25. The highest BCUT2D eigenvalue weighted by Gasteiger charge is 2.23. The van der Waals surface area contributed by atoms with Crippen LogP contribution in [0.25, 0.3) is 10.9 Å². The Kier molecular flexibility index (Phi) is 7.13. The van der Waals surface area contributed by atoms with Gasteiger partial charge in [-0.3, -0.25) is 4.79 Å². The van der Waals surface area contributed by atoms with Gasteiger partial charge in [0, 0.05) is 42.5 Å². The number of hydrogen-bond donors (Lipinski definition) is 1. The van der Waals surface area contributed by atoms with E-state index in [1.807, 2.05) is 18.2 Å². The number of hydrogen-bond acceptors (Lipinski definition) is 2. The van der Waals surface area contributed by atoms with Crippen molar-refractivity contribution in [3.8, 4) is 5.75 Å². The Labute approximate surface area is 196 Å². The van der Waals surface area contributed by atoms with Gasteiger partial charge in [0.25, 0.3) is 0 Å². The summed E-state index contributed by atoms with van der Waals surface area (Å²) in [4.78, 5) is 12.9. The third-order valence-corrected chi connectivity index (χ3v) is 6.01. The van der Waals surface area contributed by atoms with Crippen molar-refractivity contribution in [2.75, 3.05) is 13.7 Å². The van der Waals surface area contributed by atoms with E-state index in [0.717, 1.165) is 17.9 Å². The van der Waals surface area contributed by atoms with Gasteiger partial charge in [-0.15, -0.1) is 0 Å². The molecule has 0 fully saturated rings. The molecule has 33 heavy (non-hydrogen) atoms. The number of amides is 1. The monoisotopic (exact) mass is 440 g/mol. The summed E-state index contributed by atoms with van der Waals surface area (Å²) in [6.07, 6.45) is 2.63. The minimum absolute atomic E-state index is 0.0509. The zero-order valence-electron chi connectivity index (χ0n) is 19.6. The van der Waals surface area contributed by atoms with E-state index in [-0.39, 0.29) is 11.8 Å². The lowest BCUT2D eigenvalue weighted by Crippen LogP contribution is -2.28. The van der Waals surface area contributed by atoms with E-state index < -0.39 is 0 Å². The summed E-state index contributed by atoms with van der Waals surface area (Å²) < 4.78 is 7.65. The molecule has 1 amide bonds. The molecule has 170 valence electrons. The van der Waals surface area contributed by atoms with Gasteiger partial charge in [0.05, 0.1) is 7.11 Å². The summed E-state index contributed by atoms with van der Waals surface area (Å²) >= 11 is 0. The van der Waals surface area contributed by atoms with Crippen molar-refractivity contribution in [2.45, 2.75) is 32.7 Å². The molecular weight excluding hydrogens is 408 g/mol. The highest BCUT2D eigenvalue weighted by atomic mass is 16.5. The van der Waals surface area contributed by atoms with E-state index in [9.17, 15) is 4.79 Å². The Morgan fingerprint density at radius 2 is 1.64 bits per heavy atom. The van der Waals surface area contributed by atoms with E-state index in [2.05, 4.69) is 90.6 Å². The molecule has 0 aliphatic heterocycles. The van der Waals surface area contributed by atoms with Crippen LogP contribution in [-0.2, 0) is 11.3 Å². The fraction of sp³-hybridized carbons (Fsp3) is 0.276. The third kappa shape index (κ3) is 5.46. The van der Waals surface area contributed by atoms with Crippen LogP contribution < -0.4 is 10.1 Å². The second-order valence-corrected chi connectivity index (χ2v) is 8.94. The first-order valence-electron chi connectivity index (χ1n) is 11.6. The average molecular weight is 441 g/mol. The molecule has 4 heteroatoms. The van der Waals surface area contributed by atoms with Crippen molar-refractivity contribution in [3.63, 3.8) is 0 Å². The van der Waals surface area contributed by atoms with Gasteiger partial charge < -0.3 is 14.6 Å². The first-order chi connectivity index (χ1) is 16.0. The lowest BCUT2D eigenvalue weighted by atomic mass is 9.88. The topological polar surface area (TPSA) is 43.3 Å². The van der Waals surface area contributed by atoms with Crippen LogP contribution in [0.2, 0.25) is 0 Å². The number of carbonyl (C=O) groups excluding carboxylic acids is 1. The van der Waals surface area contributed by atoms with Crippen molar-refractivity contribution >= 4 is 16.8 Å². The van der Waals surface area contributed by atoms with Crippen molar-refractivity contribution in [3.05, 3.63) is 102 Å². The molecule has 0 radical (unpaired) electrons. The second kappa shape index (κ2) is 10.4. The number of rotatable bonds is 9. The largest absolute Gasteiger partial charge is 0.497 e. The molecule has 0 bridgehead atoms. The maximum atomic E-state index is 12.9. The molecule has 4 rings (SSSR count). The Morgan fingerprint density at radius 1 is 0.939 bits per heavy atom. The van der Waals surface area contributed by atoms with E-state index in [1.54, 1.807) is 7.11 Å². The van der Waals surface area contributed by atoms with Gasteiger partial charge in [-0.1, -0.05) is 74.5 Å². The van der Waals surface area contributed by atoms with Gasteiger partial charge >= 0.3 is 0 Å². The number of para-hydroxylation sites is 1. The van der Waals surface area contributed by atoms with Gasteiger partial charge in [0.1, 0.15) is 5.75 Å². The summed E-state index contributed by atoms with van der Waals surface area (Å²) in [6.45, 7) is 5.69. The van der Waals surface area contributed by atoms with Crippen LogP contribution >= 0.6 is 0 Å². The zero-order valence-corrected chi connectivity index (χ0v) is 19.6. The standard InChI is InChI=1S/C29H32N2O2/c1-21(2)18-30-29(32)17-26(23-13-15-24(33-3)16-14-23)27-20-31(19-22-9-5-4-6-10-22)28-12-8-7-11-25(27)28/h4-16,20-21,26H,17-19H2,1-3H3,(H,30,32)/t26-/m1/s1. The number of benzene rings is 3.